The zero-order valence-electron chi connectivity index (χ0n) is 5.98. The zero-order valence-corrected chi connectivity index (χ0v) is 5.98. The van der Waals surface area contributed by atoms with E-state index in [1.165, 1.54) is 10.9 Å². The largest absolute Gasteiger partial charge is 1.00 e. The Labute approximate surface area is 74.7 Å². The molecule has 1 aliphatic rings. The average molecular weight is 142 g/mol. The van der Waals surface area contributed by atoms with Crippen LogP contribution in [0.3, 0.4) is 0 Å². The van der Waals surface area contributed by atoms with Crippen molar-refractivity contribution in [1.82, 2.24) is 9.78 Å². The molecule has 0 saturated heterocycles. The number of fused-ring (bicyclic) bond motifs is 1. The van der Waals surface area contributed by atoms with Crippen LogP contribution in [0, 0.1) is 6.07 Å². The van der Waals surface area contributed by atoms with Crippen LogP contribution in [0.15, 0.2) is 16.4 Å². The van der Waals surface area contributed by atoms with Gasteiger partial charge >= 0.3 is 18.9 Å². The van der Waals surface area contributed by atoms with Crippen molar-refractivity contribution in [2.24, 2.45) is 10.2 Å². The summed E-state index contributed by atoms with van der Waals surface area (Å²) in [5.74, 6) is 0.225. The summed E-state index contributed by atoms with van der Waals surface area (Å²) < 4.78 is 1.19. The first-order chi connectivity index (χ1) is 4.88. The van der Waals surface area contributed by atoms with Gasteiger partial charge in [0.05, 0.1) is 0 Å². The van der Waals surface area contributed by atoms with Crippen LogP contribution in [0.5, 0.6) is 0 Å². The number of carbonyl (C=O) groups is 1. The van der Waals surface area contributed by atoms with Gasteiger partial charge in [-0.05, 0) is 0 Å². The number of nitrogens with zero attached hydrogens (tertiary/aromatic N) is 4. The summed E-state index contributed by atoms with van der Waals surface area (Å²) in [4.78, 5) is 10.9. The average Bonchev–Trinajstić information content (AvgIpc) is 2.36. The predicted octanol–water partition coefficient (Wildman–Crippen LogP) is -2.58. The van der Waals surface area contributed by atoms with E-state index in [0.717, 1.165) is 0 Å². The number of azo groups is 1. The van der Waals surface area contributed by atoms with Crippen LogP contribution in [-0.4, -0.2) is 22.2 Å². The van der Waals surface area contributed by atoms with Gasteiger partial charge in [0, 0.05) is 5.82 Å². The van der Waals surface area contributed by atoms with Crippen molar-refractivity contribution in [2.75, 3.05) is 6.54 Å². The molecule has 1 aromatic heterocycles. The van der Waals surface area contributed by atoms with Gasteiger partial charge < -0.3 is 6.07 Å². The molecule has 2 rings (SSSR count). The van der Waals surface area contributed by atoms with Gasteiger partial charge in [-0.2, -0.15) is 10.2 Å². The van der Waals surface area contributed by atoms with E-state index >= 15 is 0 Å². The van der Waals surface area contributed by atoms with Crippen LogP contribution in [0.25, 0.3) is 0 Å². The molecule has 5 nitrogen and oxygen atoms in total. The van der Waals surface area contributed by atoms with Gasteiger partial charge in [-0.1, -0.05) is 0 Å². The Balaban J connectivity index is 0.000000605. The van der Waals surface area contributed by atoms with E-state index in [-0.39, 0.29) is 31.3 Å². The Morgan fingerprint density at radius 3 is 3.18 bits per heavy atom. The maximum atomic E-state index is 10.9. The van der Waals surface area contributed by atoms with Crippen molar-refractivity contribution in [2.45, 2.75) is 0 Å². The van der Waals surface area contributed by atoms with E-state index in [0.29, 0.717) is 5.82 Å². The van der Waals surface area contributed by atoms with Crippen LogP contribution in [0.1, 0.15) is 4.79 Å². The summed E-state index contributed by atoms with van der Waals surface area (Å²) in [6.45, 7) is 0.0858. The molecule has 50 valence electrons. The summed E-state index contributed by atoms with van der Waals surface area (Å²) in [5, 5.41) is 10.9. The first-order valence-corrected chi connectivity index (χ1v) is 2.74. The Hall–Kier alpha value is -0.923. The molecule has 0 aliphatic carbocycles. The molecular formula is C5H3LiN4O. The second-order valence-corrected chi connectivity index (χ2v) is 1.82. The molecule has 0 radical (unpaired) electrons. The third-order valence-corrected chi connectivity index (χ3v) is 1.18. The molecule has 0 spiro atoms. The minimum absolute atomic E-state index is 0. The van der Waals surface area contributed by atoms with Crippen molar-refractivity contribution in [1.29, 1.82) is 0 Å². The molecular weight excluding hydrogens is 139 g/mol. The Kier molecular flexibility index (Phi) is 2.22. The maximum absolute atomic E-state index is 10.9. The molecule has 2 heterocycles. The van der Waals surface area contributed by atoms with Crippen LogP contribution >= 0.6 is 0 Å². The number of hydrogen-bond donors (Lipinski definition) is 0. The summed E-state index contributed by atoms with van der Waals surface area (Å²) in [7, 11) is 0. The molecule has 11 heavy (non-hydrogen) atoms. The third kappa shape index (κ3) is 1.25. The fourth-order valence-electron chi connectivity index (χ4n) is 0.744. The molecule has 0 fully saturated rings. The standard InChI is InChI=1S/C5H3N4O.Li/c10-5-3-6-8-4-1-2-7-9(4)5;/h2H,3H2;/q-1;+1. The van der Waals surface area contributed by atoms with Crippen molar-refractivity contribution in [3.63, 3.8) is 0 Å². The topological polar surface area (TPSA) is 59.6 Å². The number of hydrogen-bond acceptors (Lipinski definition) is 4. The minimum Gasteiger partial charge on any atom is -0.402 e. The van der Waals surface area contributed by atoms with E-state index in [4.69, 9.17) is 0 Å². The van der Waals surface area contributed by atoms with Crippen LogP contribution in [0.4, 0.5) is 5.82 Å². The molecule has 0 saturated carbocycles. The van der Waals surface area contributed by atoms with Gasteiger partial charge in [-0.15, -0.1) is 6.20 Å². The minimum atomic E-state index is -0.161. The van der Waals surface area contributed by atoms with E-state index < -0.39 is 0 Å². The monoisotopic (exact) mass is 142 g/mol. The maximum Gasteiger partial charge on any atom is 1.00 e. The second-order valence-electron chi connectivity index (χ2n) is 1.82. The Morgan fingerprint density at radius 1 is 1.64 bits per heavy atom. The van der Waals surface area contributed by atoms with Crippen molar-refractivity contribution in [3.8, 4) is 0 Å². The zero-order chi connectivity index (χ0) is 6.97. The predicted molar refractivity (Wildman–Crippen MR) is 31.1 cm³/mol. The number of rotatable bonds is 0. The molecule has 0 atom stereocenters. The van der Waals surface area contributed by atoms with Gasteiger partial charge in [0.2, 0.25) is 0 Å². The summed E-state index contributed by atoms with van der Waals surface area (Å²) in [6, 6.07) is 2.66. The van der Waals surface area contributed by atoms with Crippen molar-refractivity contribution >= 4 is 11.7 Å². The van der Waals surface area contributed by atoms with E-state index in [1.807, 2.05) is 0 Å². The molecule has 1 aromatic rings. The first-order valence-electron chi connectivity index (χ1n) is 2.74. The van der Waals surface area contributed by atoms with Crippen LogP contribution < -0.4 is 18.9 Å². The van der Waals surface area contributed by atoms with Gasteiger partial charge in [0.1, 0.15) is 6.54 Å². The third-order valence-electron chi connectivity index (χ3n) is 1.18. The molecule has 0 amide bonds. The van der Waals surface area contributed by atoms with E-state index in [1.54, 1.807) is 0 Å². The fourth-order valence-corrected chi connectivity index (χ4v) is 0.744. The first kappa shape index (κ1) is 8.18. The molecule has 0 aromatic carbocycles. The quantitative estimate of drug-likeness (QED) is 0.295. The van der Waals surface area contributed by atoms with Gasteiger partial charge in [0.15, 0.2) is 0 Å². The van der Waals surface area contributed by atoms with Crippen LogP contribution in [-0.2, 0) is 0 Å². The second kappa shape index (κ2) is 2.99. The number of carbonyl (C=O) groups excluding carboxylic acids is 1. The molecule has 6 heteroatoms. The fraction of sp³-hybridized carbons (Fsp3) is 0.200. The normalized spacial score (nSPS) is 14.0. The summed E-state index contributed by atoms with van der Waals surface area (Å²) in [5.41, 5.74) is 0. The molecule has 0 N–H and O–H groups in total. The van der Waals surface area contributed by atoms with E-state index in [2.05, 4.69) is 21.4 Å². The summed E-state index contributed by atoms with van der Waals surface area (Å²) >= 11 is 0. The number of aromatic nitrogens is 2. The Bertz CT molecular complexity index is 305. The smallest absolute Gasteiger partial charge is 0.402 e. The molecule has 0 unspecified atom stereocenters. The van der Waals surface area contributed by atoms with Crippen molar-refractivity contribution in [3.05, 3.63) is 12.3 Å². The van der Waals surface area contributed by atoms with E-state index in [9.17, 15) is 4.79 Å². The summed E-state index contributed by atoms with van der Waals surface area (Å²) in [6.07, 6.45) is 1.40. The molecule has 0 bridgehead atoms. The van der Waals surface area contributed by atoms with Crippen molar-refractivity contribution < 1.29 is 23.7 Å². The van der Waals surface area contributed by atoms with Gasteiger partial charge in [-0.25, -0.2) is 9.78 Å². The van der Waals surface area contributed by atoms with Gasteiger partial charge in [0.25, 0.3) is 5.91 Å². The van der Waals surface area contributed by atoms with Gasteiger partial charge in [-0.3, -0.25) is 4.79 Å². The SMILES string of the molecule is O=C1CN=Nc2[c-]cnn21.[Li+]. The van der Waals surface area contributed by atoms with Crippen LogP contribution in [0.2, 0.25) is 0 Å². The Morgan fingerprint density at radius 2 is 2.45 bits per heavy atom. The molecule has 1 aliphatic heterocycles.